The molecule has 0 radical (unpaired) electrons. The zero-order valence-corrected chi connectivity index (χ0v) is 23.6. The molecule has 0 aliphatic rings. The van der Waals surface area contributed by atoms with Gasteiger partial charge in [-0.1, -0.05) is 32.4 Å². The van der Waals surface area contributed by atoms with Crippen molar-refractivity contribution in [2.75, 3.05) is 26.6 Å². The maximum absolute atomic E-state index is 13.2. The minimum atomic E-state index is -0.818. The molecule has 1 unspecified atom stereocenters. The predicted octanol–water partition coefficient (Wildman–Crippen LogP) is 5.36. The van der Waals surface area contributed by atoms with Crippen LogP contribution < -0.4 is 30.3 Å². The highest BCUT2D eigenvalue weighted by Crippen LogP contribution is 2.42. The molecule has 210 valence electrons. The lowest BCUT2D eigenvalue weighted by Gasteiger charge is -2.26. The van der Waals surface area contributed by atoms with E-state index in [1.54, 1.807) is 51.1 Å². The van der Waals surface area contributed by atoms with E-state index in [2.05, 4.69) is 10.6 Å². The fourth-order valence-electron chi connectivity index (χ4n) is 4.04. The van der Waals surface area contributed by atoms with Crippen LogP contribution in [0.2, 0.25) is 0 Å². The van der Waals surface area contributed by atoms with Crippen molar-refractivity contribution < 1.29 is 33.0 Å². The Morgan fingerprint density at radius 2 is 1.69 bits per heavy atom. The Bertz CT molecular complexity index is 1410. The number of benzene rings is 2. The van der Waals surface area contributed by atoms with Crippen LogP contribution in [0, 0.1) is 5.92 Å². The first-order valence-electron chi connectivity index (χ1n) is 12.6. The van der Waals surface area contributed by atoms with E-state index in [-0.39, 0.29) is 39.6 Å². The molecule has 0 saturated heterocycles. The second-order valence-electron chi connectivity index (χ2n) is 10.1. The van der Waals surface area contributed by atoms with E-state index >= 15 is 0 Å². The predicted molar refractivity (Wildman–Crippen MR) is 149 cm³/mol. The van der Waals surface area contributed by atoms with Crippen LogP contribution in [0.5, 0.6) is 17.2 Å². The molecule has 2 atom stereocenters. The van der Waals surface area contributed by atoms with Crippen LogP contribution in [0.4, 0.5) is 10.5 Å². The van der Waals surface area contributed by atoms with Crippen LogP contribution in [0.3, 0.4) is 0 Å². The van der Waals surface area contributed by atoms with Crippen LogP contribution in [-0.4, -0.2) is 45.0 Å². The molecule has 1 heterocycles. The highest BCUT2D eigenvalue weighted by atomic mass is 16.6. The van der Waals surface area contributed by atoms with Gasteiger partial charge in [0.15, 0.2) is 16.9 Å². The molecule has 3 rings (SSSR count). The summed E-state index contributed by atoms with van der Waals surface area (Å²) >= 11 is 0. The van der Waals surface area contributed by atoms with E-state index in [1.165, 1.54) is 27.4 Å². The van der Waals surface area contributed by atoms with Gasteiger partial charge < -0.3 is 34.0 Å². The number of hydrogen-bond donors (Lipinski definition) is 2. The van der Waals surface area contributed by atoms with Crippen molar-refractivity contribution in [3.8, 4) is 28.6 Å². The van der Waals surface area contributed by atoms with Crippen LogP contribution in [0.25, 0.3) is 22.3 Å². The smallest absolute Gasteiger partial charge is 0.408 e. The molecular weight excluding hydrogens is 504 g/mol. The average molecular weight is 541 g/mol. The number of carbonyl (C=O) groups excluding carboxylic acids is 2. The fraction of sp³-hybridized carbons (Fsp3) is 0.414. The van der Waals surface area contributed by atoms with Crippen molar-refractivity contribution >= 4 is 28.7 Å². The molecule has 0 fully saturated rings. The van der Waals surface area contributed by atoms with Crippen molar-refractivity contribution in [2.24, 2.45) is 5.92 Å². The lowest BCUT2D eigenvalue weighted by Crippen LogP contribution is -2.49. The molecule has 39 heavy (non-hydrogen) atoms. The van der Waals surface area contributed by atoms with Crippen LogP contribution in [0.15, 0.2) is 45.6 Å². The Hall–Kier alpha value is -4.21. The summed E-state index contributed by atoms with van der Waals surface area (Å²) in [7, 11) is 4.36. The van der Waals surface area contributed by atoms with E-state index in [9.17, 15) is 14.4 Å². The quantitative estimate of drug-likeness (QED) is 0.371. The van der Waals surface area contributed by atoms with Gasteiger partial charge in [0.2, 0.25) is 11.7 Å². The molecule has 0 aliphatic carbocycles. The van der Waals surface area contributed by atoms with Gasteiger partial charge in [-0.2, -0.15) is 0 Å². The van der Waals surface area contributed by atoms with Gasteiger partial charge in [0.05, 0.1) is 21.3 Å². The summed E-state index contributed by atoms with van der Waals surface area (Å²) in [6.45, 7) is 9.07. The van der Waals surface area contributed by atoms with Crippen molar-refractivity contribution in [3.63, 3.8) is 0 Å². The number of ether oxygens (including phenoxy) is 4. The molecule has 0 saturated carbocycles. The normalized spacial score (nSPS) is 12.8. The van der Waals surface area contributed by atoms with Crippen molar-refractivity contribution in [3.05, 3.63) is 46.6 Å². The fourth-order valence-corrected chi connectivity index (χ4v) is 4.04. The molecule has 0 spiro atoms. The molecule has 0 bridgehead atoms. The lowest BCUT2D eigenvalue weighted by molar-refractivity contribution is -0.119. The number of rotatable bonds is 9. The van der Waals surface area contributed by atoms with Crippen molar-refractivity contribution in [1.82, 2.24) is 5.32 Å². The van der Waals surface area contributed by atoms with Gasteiger partial charge in [-0.15, -0.1) is 0 Å². The first-order valence-corrected chi connectivity index (χ1v) is 12.6. The van der Waals surface area contributed by atoms with Crippen molar-refractivity contribution in [2.45, 2.75) is 52.7 Å². The molecule has 2 amide bonds. The summed E-state index contributed by atoms with van der Waals surface area (Å²) in [5.41, 5.74) is 0.236. The Kier molecular flexibility index (Phi) is 9.11. The number of fused-ring (bicyclic) bond motifs is 1. The van der Waals surface area contributed by atoms with Gasteiger partial charge in [-0.25, -0.2) is 4.79 Å². The third kappa shape index (κ3) is 6.81. The van der Waals surface area contributed by atoms with Gasteiger partial charge in [0.1, 0.15) is 28.4 Å². The standard InChI is InChI=1S/C29H36N2O8/c1-9-16(2)24(31-28(34)39-29(3,4)5)27(33)30-18-12-10-11-17(13-18)20-14-19(32)23-21(38-20)15-22(35-6)25(36-7)26(23)37-8/h10-16,24H,9H2,1-8H3,(H,30,33)(H,31,34)/t16?,24-/m0/s1. The molecule has 10 heteroatoms. The van der Waals surface area contributed by atoms with E-state index in [0.29, 0.717) is 23.4 Å². The van der Waals surface area contributed by atoms with Gasteiger partial charge in [-0.05, 0) is 38.8 Å². The van der Waals surface area contributed by atoms with Crippen molar-refractivity contribution in [1.29, 1.82) is 0 Å². The summed E-state index contributed by atoms with van der Waals surface area (Å²) in [5, 5.41) is 5.75. The average Bonchev–Trinajstić information content (AvgIpc) is 2.88. The van der Waals surface area contributed by atoms with Crippen LogP contribution in [0.1, 0.15) is 41.0 Å². The molecule has 3 aromatic rings. The zero-order chi connectivity index (χ0) is 28.9. The topological polar surface area (TPSA) is 125 Å². The number of anilines is 1. The Labute approximate surface area is 227 Å². The van der Waals surface area contributed by atoms with Crippen LogP contribution in [-0.2, 0) is 9.53 Å². The maximum atomic E-state index is 13.2. The monoisotopic (exact) mass is 540 g/mol. The number of nitrogens with one attached hydrogen (secondary N) is 2. The zero-order valence-electron chi connectivity index (χ0n) is 23.6. The third-order valence-corrected chi connectivity index (χ3v) is 6.10. The highest BCUT2D eigenvalue weighted by Gasteiger charge is 2.28. The minimum absolute atomic E-state index is 0.152. The first-order chi connectivity index (χ1) is 18.4. The van der Waals surface area contributed by atoms with Gasteiger partial charge in [-0.3, -0.25) is 9.59 Å². The summed E-state index contributed by atoms with van der Waals surface area (Å²) in [4.78, 5) is 38.7. The molecule has 0 aliphatic heterocycles. The van der Waals surface area contributed by atoms with E-state index < -0.39 is 23.6 Å². The Morgan fingerprint density at radius 1 is 1.00 bits per heavy atom. The third-order valence-electron chi connectivity index (χ3n) is 6.10. The lowest BCUT2D eigenvalue weighted by atomic mass is 9.98. The second-order valence-corrected chi connectivity index (χ2v) is 10.1. The Balaban J connectivity index is 1.95. The van der Waals surface area contributed by atoms with E-state index in [1.807, 2.05) is 13.8 Å². The molecule has 1 aromatic heterocycles. The minimum Gasteiger partial charge on any atom is -0.493 e. The summed E-state index contributed by atoms with van der Waals surface area (Å²) in [5.74, 6) is 0.574. The number of carbonyl (C=O) groups is 2. The largest absolute Gasteiger partial charge is 0.493 e. The Morgan fingerprint density at radius 3 is 2.28 bits per heavy atom. The molecule has 10 nitrogen and oxygen atoms in total. The van der Waals surface area contributed by atoms with Gasteiger partial charge >= 0.3 is 6.09 Å². The van der Waals surface area contributed by atoms with Gasteiger partial charge in [0.25, 0.3) is 0 Å². The maximum Gasteiger partial charge on any atom is 0.408 e. The van der Waals surface area contributed by atoms with E-state index in [4.69, 9.17) is 23.4 Å². The number of hydrogen-bond acceptors (Lipinski definition) is 8. The molecule has 2 N–H and O–H groups in total. The van der Waals surface area contributed by atoms with Crippen LogP contribution >= 0.6 is 0 Å². The second kappa shape index (κ2) is 12.1. The summed E-state index contributed by atoms with van der Waals surface area (Å²) < 4.78 is 27.6. The highest BCUT2D eigenvalue weighted by molar-refractivity contribution is 5.97. The van der Waals surface area contributed by atoms with E-state index in [0.717, 1.165) is 0 Å². The molecule has 2 aromatic carbocycles. The SMILES string of the molecule is CCC(C)[C@H](NC(=O)OC(C)(C)C)C(=O)Nc1cccc(-c2cc(=O)c3c(OC)c(OC)c(OC)cc3o2)c1. The first kappa shape index (κ1) is 29.3. The van der Waals surface area contributed by atoms with Gasteiger partial charge in [0, 0.05) is 23.4 Å². The number of methoxy groups -OCH3 is 3. The summed E-state index contributed by atoms with van der Waals surface area (Å²) in [6.07, 6.45) is -0.00873. The number of amides is 2. The summed E-state index contributed by atoms with van der Waals surface area (Å²) in [6, 6.07) is 8.96. The molecular formula is C29H36N2O8. The number of alkyl carbamates (subject to hydrolysis) is 1.